The summed E-state index contributed by atoms with van der Waals surface area (Å²) in [6.45, 7) is 11.0. The zero-order valence-electron chi connectivity index (χ0n) is 19.3. The Kier molecular flexibility index (Phi) is 5.78. The van der Waals surface area contributed by atoms with Crippen molar-refractivity contribution in [3.05, 3.63) is 70.0 Å². The molecule has 0 unspecified atom stereocenters. The van der Waals surface area contributed by atoms with Crippen LogP contribution in [-0.2, 0) is 18.5 Å². The number of H-pyrrole nitrogens is 1. The molecule has 3 heterocycles. The van der Waals surface area contributed by atoms with E-state index in [9.17, 15) is 4.79 Å². The number of nitrogens with one attached hydrogen (secondary N) is 1. The third kappa shape index (κ3) is 4.00. The average molecular weight is 432 g/mol. The summed E-state index contributed by atoms with van der Waals surface area (Å²) in [5, 5.41) is 14.2. The van der Waals surface area contributed by atoms with Gasteiger partial charge in [0.15, 0.2) is 0 Å². The molecule has 1 aromatic carbocycles. The normalized spacial score (nSPS) is 11.8. The third-order valence-corrected chi connectivity index (χ3v) is 5.63. The highest BCUT2D eigenvalue weighted by atomic mass is 16.2. The standard InChI is InChI=1S/C24H29N7O/c1-6-8-20-16(2)31(24(3,4)5)23(32)30(20)15-17-10-12-18(13-11-17)19-9-7-14-25-21(19)22-26-28-29-27-22/h7,9-14H,6,8,15H2,1-5H3,(H,26,27,28,29). The highest BCUT2D eigenvalue weighted by molar-refractivity contribution is 5.77. The number of hydrogen-bond donors (Lipinski definition) is 1. The van der Waals surface area contributed by atoms with Crippen LogP contribution in [0.2, 0.25) is 0 Å². The maximum Gasteiger partial charge on any atom is 0.329 e. The average Bonchev–Trinajstić information content (AvgIpc) is 3.37. The third-order valence-electron chi connectivity index (χ3n) is 5.63. The summed E-state index contributed by atoms with van der Waals surface area (Å²) in [4.78, 5) is 17.7. The van der Waals surface area contributed by atoms with Crippen molar-refractivity contribution in [1.29, 1.82) is 0 Å². The number of nitrogens with zero attached hydrogens (tertiary/aromatic N) is 6. The largest absolute Gasteiger partial charge is 0.329 e. The van der Waals surface area contributed by atoms with Gasteiger partial charge in [-0.2, -0.15) is 5.21 Å². The van der Waals surface area contributed by atoms with Gasteiger partial charge in [-0.25, -0.2) is 4.79 Å². The molecule has 0 saturated heterocycles. The number of tetrazole rings is 1. The molecular formula is C24H29N7O. The fourth-order valence-corrected chi connectivity index (χ4v) is 4.26. The number of aromatic nitrogens is 7. The van der Waals surface area contributed by atoms with E-state index in [0.717, 1.165) is 40.9 Å². The molecule has 166 valence electrons. The maximum absolute atomic E-state index is 13.3. The molecule has 0 radical (unpaired) electrons. The van der Waals surface area contributed by atoms with Crippen molar-refractivity contribution < 1.29 is 0 Å². The first kappa shape index (κ1) is 21.7. The van der Waals surface area contributed by atoms with Crippen LogP contribution in [0.3, 0.4) is 0 Å². The molecule has 3 aromatic heterocycles. The van der Waals surface area contributed by atoms with Crippen molar-refractivity contribution in [3.8, 4) is 22.6 Å². The lowest BCUT2D eigenvalue weighted by Gasteiger charge is -2.21. The molecule has 0 aliphatic heterocycles. The molecule has 0 bridgehead atoms. The van der Waals surface area contributed by atoms with Gasteiger partial charge in [-0.05, 0) is 56.5 Å². The Bertz CT molecular complexity index is 1260. The lowest BCUT2D eigenvalue weighted by molar-refractivity contribution is 0.373. The second-order valence-corrected chi connectivity index (χ2v) is 8.99. The summed E-state index contributed by atoms with van der Waals surface area (Å²) in [7, 11) is 0. The highest BCUT2D eigenvalue weighted by Gasteiger charge is 2.24. The second kappa shape index (κ2) is 8.53. The molecule has 1 N–H and O–H groups in total. The molecule has 0 fully saturated rings. The monoisotopic (exact) mass is 431 g/mol. The molecule has 8 heteroatoms. The SMILES string of the molecule is CCCc1c(C)n(C(C)(C)C)c(=O)n1Cc1ccc(-c2cccnc2-c2nn[nH]n2)cc1. The first-order chi connectivity index (χ1) is 15.3. The van der Waals surface area contributed by atoms with Gasteiger partial charge in [0.1, 0.15) is 5.69 Å². The van der Waals surface area contributed by atoms with Gasteiger partial charge in [-0.1, -0.05) is 43.7 Å². The lowest BCUT2D eigenvalue weighted by Crippen LogP contribution is -2.35. The number of pyridine rings is 1. The fraction of sp³-hybridized carbons (Fsp3) is 0.375. The number of imidazole rings is 1. The van der Waals surface area contributed by atoms with E-state index in [1.165, 1.54) is 0 Å². The molecule has 0 spiro atoms. The smallest absolute Gasteiger partial charge is 0.292 e. The lowest BCUT2D eigenvalue weighted by atomic mass is 10.0. The molecule has 0 amide bonds. The Morgan fingerprint density at radius 1 is 1.09 bits per heavy atom. The summed E-state index contributed by atoms with van der Waals surface area (Å²) >= 11 is 0. The van der Waals surface area contributed by atoms with Crippen LogP contribution in [0, 0.1) is 6.92 Å². The number of hydrogen-bond acceptors (Lipinski definition) is 5. The summed E-state index contributed by atoms with van der Waals surface area (Å²) in [5.74, 6) is 0.458. The van der Waals surface area contributed by atoms with Gasteiger partial charge in [-0.15, -0.1) is 10.2 Å². The van der Waals surface area contributed by atoms with E-state index >= 15 is 0 Å². The van der Waals surface area contributed by atoms with E-state index in [1.807, 2.05) is 33.4 Å². The minimum absolute atomic E-state index is 0.0502. The Morgan fingerprint density at radius 2 is 1.84 bits per heavy atom. The van der Waals surface area contributed by atoms with Gasteiger partial charge in [-0.3, -0.25) is 14.1 Å². The number of aromatic amines is 1. The van der Waals surface area contributed by atoms with E-state index < -0.39 is 0 Å². The van der Waals surface area contributed by atoms with Crippen LogP contribution in [0.15, 0.2) is 47.4 Å². The molecule has 0 aliphatic rings. The Morgan fingerprint density at radius 3 is 2.47 bits per heavy atom. The highest BCUT2D eigenvalue weighted by Crippen LogP contribution is 2.28. The van der Waals surface area contributed by atoms with E-state index in [2.05, 4.69) is 72.4 Å². The molecule has 0 atom stereocenters. The first-order valence-corrected chi connectivity index (χ1v) is 10.9. The zero-order chi connectivity index (χ0) is 22.9. The van der Waals surface area contributed by atoms with Crippen LogP contribution in [0.1, 0.15) is 51.1 Å². The summed E-state index contributed by atoms with van der Waals surface area (Å²) in [5.41, 5.74) is 5.64. The predicted octanol–water partition coefficient (Wildman–Crippen LogP) is 3.96. The summed E-state index contributed by atoms with van der Waals surface area (Å²) in [6.07, 6.45) is 3.59. The van der Waals surface area contributed by atoms with Crippen molar-refractivity contribution in [2.24, 2.45) is 0 Å². The van der Waals surface area contributed by atoms with Crippen LogP contribution in [0.5, 0.6) is 0 Å². The summed E-state index contributed by atoms with van der Waals surface area (Å²) < 4.78 is 3.84. The second-order valence-electron chi connectivity index (χ2n) is 8.99. The quantitative estimate of drug-likeness (QED) is 0.499. The van der Waals surface area contributed by atoms with Crippen molar-refractivity contribution in [1.82, 2.24) is 34.7 Å². The minimum atomic E-state index is -0.259. The van der Waals surface area contributed by atoms with Crippen LogP contribution in [0.4, 0.5) is 0 Å². The Labute approximate surface area is 187 Å². The zero-order valence-corrected chi connectivity index (χ0v) is 19.3. The van der Waals surface area contributed by atoms with Gasteiger partial charge < -0.3 is 0 Å². The predicted molar refractivity (Wildman–Crippen MR) is 124 cm³/mol. The van der Waals surface area contributed by atoms with E-state index in [4.69, 9.17) is 0 Å². The number of rotatable bonds is 6. The molecule has 0 aliphatic carbocycles. The molecular weight excluding hydrogens is 402 g/mol. The van der Waals surface area contributed by atoms with Crippen molar-refractivity contribution in [3.63, 3.8) is 0 Å². The Balaban J connectivity index is 1.69. The van der Waals surface area contributed by atoms with E-state index in [0.29, 0.717) is 18.1 Å². The van der Waals surface area contributed by atoms with E-state index in [-0.39, 0.29) is 11.2 Å². The van der Waals surface area contributed by atoms with Gasteiger partial charge in [0.25, 0.3) is 0 Å². The number of benzene rings is 1. The topological polar surface area (TPSA) is 94.3 Å². The molecule has 4 rings (SSSR count). The summed E-state index contributed by atoms with van der Waals surface area (Å²) in [6, 6.07) is 12.1. The molecule has 0 saturated carbocycles. The Hall–Kier alpha value is -3.55. The van der Waals surface area contributed by atoms with Crippen LogP contribution >= 0.6 is 0 Å². The van der Waals surface area contributed by atoms with Crippen molar-refractivity contribution >= 4 is 0 Å². The van der Waals surface area contributed by atoms with E-state index in [1.54, 1.807) is 6.20 Å². The van der Waals surface area contributed by atoms with Gasteiger partial charge in [0, 0.05) is 28.7 Å². The van der Waals surface area contributed by atoms with Crippen LogP contribution in [-0.4, -0.2) is 34.7 Å². The maximum atomic E-state index is 13.3. The first-order valence-electron chi connectivity index (χ1n) is 10.9. The van der Waals surface area contributed by atoms with Crippen molar-refractivity contribution in [2.45, 2.75) is 59.5 Å². The van der Waals surface area contributed by atoms with Gasteiger partial charge in [0.05, 0.1) is 6.54 Å². The fourth-order valence-electron chi connectivity index (χ4n) is 4.26. The van der Waals surface area contributed by atoms with Crippen molar-refractivity contribution in [2.75, 3.05) is 0 Å². The minimum Gasteiger partial charge on any atom is -0.292 e. The van der Waals surface area contributed by atoms with Crippen LogP contribution in [0.25, 0.3) is 22.6 Å². The molecule has 4 aromatic rings. The van der Waals surface area contributed by atoms with Gasteiger partial charge in [0.2, 0.25) is 5.82 Å². The van der Waals surface area contributed by atoms with Gasteiger partial charge >= 0.3 is 5.69 Å². The van der Waals surface area contributed by atoms with Crippen LogP contribution < -0.4 is 5.69 Å². The molecule has 8 nitrogen and oxygen atoms in total. The molecule has 32 heavy (non-hydrogen) atoms.